The van der Waals surface area contributed by atoms with Gasteiger partial charge in [0.1, 0.15) is 0 Å². The Morgan fingerprint density at radius 1 is 1.24 bits per heavy atom. The second kappa shape index (κ2) is 6.15. The van der Waals surface area contributed by atoms with Crippen molar-refractivity contribution in [1.82, 2.24) is 4.90 Å². The minimum Gasteiger partial charge on any atom is -0.379 e. The van der Waals surface area contributed by atoms with Crippen LogP contribution in [0, 0.1) is 0 Å². The summed E-state index contributed by atoms with van der Waals surface area (Å²) in [6.45, 7) is 6.63. The minimum absolute atomic E-state index is 0.418. The molecule has 1 heterocycles. The van der Waals surface area contributed by atoms with Crippen LogP contribution < -0.4 is 5.73 Å². The van der Waals surface area contributed by atoms with Gasteiger partial charge in [-0.1, -0.05) is 37.3 Å². The fourth-order valence-electron chi connectivity index (χ4n) is 2.56. The lowest BCUT2D eigenvalue weighted by atomic mass is 9.92. The number of nitrogens with two attached hydrogens (primary N) is 1. The molecule has 94 valence electrons. The lowest BCUT2D eigenvalue weighted by Crippen LogP contribution is -2.49. The van der Waals surface area contributed by atoms with E-state index in [2.05, 4.69) is 42.2 Å². The molecule has 3 heteroatoms. The van der Waals surface area contributed by atoms with E-state index in [4.69, 9.17) is 10.5 Å². The largest absolute Gasteiger partial charge is 0.379 e. The average molecular weight is 234 g/mol. The van der Waals surface area contributed by atoms with Gasteiger partial charge in [0, 0.05) is 25.7 Å². The Morgan fingerprint density at radius 3 is 2.47 bits per heavy atom. The molecule has 0 radical (unpaired) electrons. The van der Waals surface area contributed by atoms with Crippen molar-refractivity contribution in [3.8, 4) is 0 Å². The predicted molar refractivity (Wildman–Crippen MR) is 70.1 cm³/mol. The molecular weight excluding hydrogens is 212 g/mol. The molecule has 2 unspecified atom stereocenters. The Labute approximate surface area is 104 Å². The van der Waals surface area contributed by atoms with Crippen molar-refractivity contribution < 1.29 is 4.74 Å². The third kappa shape index (κ3) is 3.06. The van der Waals surface area contributed by atoms with Crippen LogP contribution in [0.4, 0.5) is 0 Å². The third-order valence-electron chi connectivity index (χ3n) is 3.66. The Hall–Kier alpha value is -0.900. The van der Waals surface area contributed by atoms with Crippen LogP contribution in [0.2, 0.25) is 0 Å². The maximum atomic E-state index is 5.96. The number of benzene rings is 1. The molecule has 1 saturated heterocycles. The average Bonchev–Trinajstić information content (AvgIpc) is 2.42. The van der Waals surface area contributed by atoms with Crippen molar-refractivity contribution in [2.45, 2.75) is 18.9 Å². The lowest BCUT2D eigenvalue weighted by Gasteiger charge is -2.37. The first-order valence-electron chi connectivity index (χ1n) is 6.39. The molecule has 0 spiro atoms. The molecule has 0 saturated carbocycles. The van der Waals surface area contributed by atoms with Gasteiger partial charge >= 0.3 is 0 Å². The molecule has 17 heavy (non-hydrogen) atoms. The first kappa shape index (κ1) is 12.6. The number of rotatable bonds is 4. The Balaban J connectivity index is 2.06. The Morgan fingerprint density at radius 2 is 1.88 bits per heavy atom. The zero-order valence-electron chi connectivity index (χ0n) is 10.5. The number of nitrogens with zero attached hydrogens (tertiary/aromatic N) is 1. The summed E-state index contributed by atoms with van der Waals surface area (Å²) in [7, 11) is 0. The monoisotopic (exact) mass is 234 g/mol. The summed E-state index contributed by atoms with van der Waals surface area (Å²) in [5.74, 6) is 0.472. The molecule has 1 aromatic rings. The van der Waals surface area contributed by atoms with Crippen molar-refractivity contribution in [2.24, 2.45) is 5.73 Å². The summed E-state index contributed by atoms with van der Waals surface area (Å²) in [4.78, 5) is 2.46. The summed E-state index contributed by atoms with van der Waals surface area (Å²) in [6.07, 6.45) is 0. The van der Waals surface area contributed by atoms with E-state index in [9.17, 15) is 0 Å². The normalized spacial score (nSPS) is 21.1. The van der Waals surface area contributed by atoms with Crippen LogP contribution in [0.15, 0.2) is 30.3 Å². The highest BCUT2D eigenvalue weighted by molar-refractivity contribution is 5.20. The van der Waals surface area contributed by atoms with E-state index in [0.29, 0.717) is 18.5 Å². The molecule has 0 aliphatic carbocycles. The van der Waals surface area contributed by atoms with Crippen LogP contribution in [-0.4, -0.2) is 43.8 Å². The Bertz CT molecular complexity index is 322. The summed E-state index contributed by atoms with van der Waals surface area (Å²) in [5.41, 5.74) is 7.33. The van der Waals surface area contributed by atoms with Crippen LogP contribution in [0.5, 0.6) is 0 Å². The molecule has 1 aromatic carbocycles. The zero-order valence-corrected chi connectivity index (χ0v) is 10.5. The lowest BCUT2D eigenvalue weighted by molar-refractivity contribution is 0.0137. The number of hydrogen-bond donors (Lipinski definition) is 1. The predicted octanol–water partition coefficient (Wildman–Crippen LogP) is 1.45. The highest BCUT2D eigenvalue weighted by atomic mass is 16.5. The number of ether oxygens (including phenoxy) is 1. The first-order chi connectivity index (χ1) is 8.33. The molecule has 0 bridgehead atoms. The number of hydrogen-bond acceptors (Lipinski definition) is 3. The molecule has 0 aromatic heterocycles. The van der Waals surface area contributed by atoms with Gasteiger partial charge in [-0.3, -0.25) is 4.90 Å². The van der Waals surface area contributed by atoms with E-state index in [-0.39, 0.29) is 0 Å². The first-order valence-corrected chi connectivity index (χ1v) is 6.39. The van der Waals surface area contributed by atoms with E-state index in [1.165, 1.54) is 5.56 Å². The van der Waals surface area contributed by atoms with Gasteiger partial charge in [0.2, 0.25) is 0 Å². The molecule has 2 N–H and O–H groups in total. The van der Waals surface area contributed by atoms with E-state index in [1.807, 2.05) is 0 Å². The van der Waals surface area contributed by atoms with Gasteiger partial charge < -0.3 is 10.5 Å². The van der Waals surface area contributed by atoms with Gasteiger partial charge in [0.05, 0.1) is 13.2 Å². The molecule has 3 nitrogen and oxygen atoms in total. The van der Waals surface area contributed by atoms with Gasteiger partial charge in [-0.05, 0) is 11.5 Å². The highest BCUT2D eigenvalue weighted by Crippen LogP contribution is 2.23. The minimum atomic E-state index is 0.418. The summed E-state index contributed by atoms with van der Waals surface area (Å²) >= 11 is 0. The maximum Gasteiger partial charge on any atom is 0.0594 e. The van der Waals surface area contributed by atoms with Crippen molar-refractivity contribution in [1.29, 1.82) is 0 Å². The zero-order chi connectivity index (χ0) is 12.1. The quantitative estimate of drug-likeness (QED) is 0.857. The van der Waals surface area contributed by atoms with Crippen LogP contribution in [0.25, 0.3) is 0 Å². The molecule has 0 amide bonds. The fourth-order valence-corrected chi connectivity index (χ4v) is 2.56. The van der Waals surface area contributed by atoms with Gasteiger partial charge in [0.25, 0.3) is 0 Å². The Kier molecular flexibility index (Phi) is 4.54. The van der Waals surface area contributed by atoms with E-state index >= 15 is 0 Å². The van der Waals surface area contributed by atoms with Gasteiger partial charge in [-0.25, -0.2) is 0 Å². The van der Waals surface area contributed by atoms with Crippen molar-refractivity contribution >= 4 is 0 Å². The fraction of sp³-hybridized carbons (Fsp3) is 0.571. The number of morpholine rings is 1. The van der Waals surface area contributed by atoms with Crippen molar-refractivity contribution in [2.75, 3.05) is 32.8 Å². The van der Waals surface area contributed by atoms with Gasteiger partial charge in [-0.15, -0.1) is 0 Å². The topological polar surface area (TPSA) is 38.5 Å². The molecule has 1 aliphatic rings. The SMILES string of the molecule is CC(c1ccccc1)C(CN)N1CCOCC1. The van der Waals surface area contributed by atoms with Crippen molar-refractivity contribution in [3.05, 3.63) is 35.9 Å². The summed E-state index contributed by atoms with van der Waals surface area (Å²) in [5, 5.41) is 0. The third-order valence-corrected chi connectivity index (χ3v) is 3.66. The molecule has 2 rings (SSSR count). The summed E-state index contributed by atoms with van der Waals surface area (Å²) in [6, 6.07) is 11.0. The highest BCUT2D eigenvalue weighted by Gasteiger charge is 2.25. The molecule has 1 fully saturated rings. The molecule has 1 aliphatic heterocycles. The van der Waals surface area contributed by atoms with E-state index < -0.39 is 0 Å². The van der Waals surface area contributed by atoms with Gasteiger partial charge in [-0.2, -0.15) is 0 Å². The maximum absolute atomic E-state index is 5.96. The van der Waals surface area contributed by atoms with Crippen LogP contribution >= 0.6 is 0 Å². The standard InChI is InChI=1S/C14H22N2O/c1-12(13-5-3-2-4-6-13)14(11-15)16-7-9-17-10-8-16/h2-6,12,14H,7-11,15H2,1H3. The van der Waals surface area contributed by atoms with Crippen molar-refractivity contribution in [3.63, 3.8) is 0 Å². The van der Waals surface area contributed by atoms with E-state index in [0.717, 1.165) is 26.3 Å². The smallest absolute Gasteiger partial charge is 0.0594 e. The molecule has 2 atom stereocenters. The van der Waals surface area contributed by atoms with Crippen LogP contribution in [0.1, 0.15) is 18.4 Å². The van der Waals surface area contributed by atoms with Gasteiger partial charge in [0.15, 0.2) is 0 Å². The second-order valence-electron chi connectivity index (χ2n) is 4.65. The van der Waals surface area contributed by atoms with Crippen LogP contribution in [-0.2, 0) is 4.74 Å². The molecular formula is C14H22N2O. The summed E-state index contributed by atoms with van der Waals surface area (Å²) < 4.78 is 5.40. The second-order valence-corrected chi connectivity index (χ2v) is 4.65. The van der Waals surface area contributed by atoms with E-state index in [1.54, 1.807) is 0 Å². The van der Waals surface area contributed by atoms with Crippen LogP contribution in [0.3, 0.4) is 0 Å².